The molecule has 1 aliphatic rings. The highest BCUT2D eigenvalue weighted by Gasteiger charge is 2.18. The third-order valence-corrected chi connectivity index (χ3v) is 2.54. The van der Waals surface area contributed by atoms with Crippen LogP contribution in [-0.4, -0.2) is 25.5 Å². The van der Waals surface area contributed by atoms with Crippen LogP contribution < -0.4 is 5.73 Å². The second-order valence-corrected chi connectivity index (χ2v) is 3.75. The minimum atomic E-state index is -0.482. The predicted octanol–water partition coefficient (Wildman–Crippen LogP) is 1.42. The van der Waals surface area contributed by atoms with E-state index in [2.05, 4.69) is 0 Å². The highest BCUT2D eigenvalue weighted by Crippen LogP contribution is 2.18. The van der Waals surface area contributed by atoms with Crippen molar-refractivity contribution in [3.8, 4) is 0 Å². The third-order valence-electron chi connectivity index (χ3n) is 2.54. The van der Waals surface area contributed by atoms with Crippen LogP contribution >= 0.6 is 0 Å². The molecule has 1 unspecified atom stereocenters. The van der Waals surface area contributed by atoms with Crippen molar-refractivity contribution in [2.45, 2.75) is 38.1 Å². The zero-order valence-electron chi connectivity index (χ0n) is 8.79. The average molecular weight is 197 g/mol. The molecule has 0 radical (unpaired) electrons. The van der Waals surface area contributed by atoms with E-state index < -0.39 is 6.04 Å². The number of hydrogen-bond donors (Lipinski definition) is 1. The molecule has 1 aliphatic carbocycles. The van der Waals surface area contributed by atoms with Gasteiger partial charge in [-0.15, -0.1) is 0 Å². The lowest BCUT2D eigenvalue weighted by Gasteiger charge is -2.11. The molecule has 0 amide bonds. The first-order chi connectivity index (χ1) is 6.75. The third kappa shape index (κ3) is 3.24. The van der Waals surface area contributed by atoms with E-state index in [9.17, 15) is 4.79 Å². The number of ether oxygens (including phenoxy) is 1. The van der Waals surface area contributed by atoms with Crippen LogP contribution in [0.15, 0.2) is 11.6 Å². The molecule has 0 heterocycles. The van der Waals surface area contributed by atoms with Crippen LogP contribution in [0.3, 0.4) is 0 Å². The Morgan fingerprint density at radius 3 is 3.07 bits per heavy atom. The highest BCUT2D eigenvalue weighted by molar-refractivity contribution is 5.99. The monoisotopic (exact) mass is 197 g/mol. The summed E-state index contributed by atoms with van der Waals surface area (Å²) in [7, 11) is 1.56. The van der Waals surface area contributed by atoms with E-state index in [1.165, 1.54) is 12.8 Å². The summed E-state index contributed by atoms with van der Waals surface area (Å²) < 4.78 is 4.87. The van der Waals surface area contributed by atoms with Crippen molar-refractivity contribution >= 4 is 5.78 Å². The summed E-state index contributed by atoms with van der Waals surface area (Å²) in [4.78, 5) is 11.8. The molecule has 0 fully saturated rings. The molecule has 14 heavy (non-hydrogen) atoms. The van der Waals surface area contributed by atoms with Gasteiger partial charge in [0.15, 0.2) is 5.78 Å². The molecule has 1 atom stereocenters. The molecule has 0 aromatic carbocycles. The number of nitrogens with two attached hydrogens (primary N) is 1. The van der Waals surface area contributed by atoms with Gasteiger partial charge in [-0.1, -0.05) is 12.5 Å². The number of allylic oxidation sites excluding steroid dienone is 1. The van der Waals surface area contributed by atoms with Gasteiger partial charge in [-0.3, -0.25) is 4.79 Å². The Hall–Kier alpha value is -0.670. The Morgan fingerprint density at radius 2 is 2.36 bits per heavy atom. The van der Waals surface area contributed by atoms with Gasteiger partial charge in [-0.2, -0.15) is 0 Å². The molecule has 0 spiro atoms. The molecule has 0 aromatic rings. The van der Waals surface area contributed by atoms with Gasteiger partial charge in [0.05, 0.1) is 12.6 Å². The van der Waals surface area contributed by atoms with Gasteiger partial charge >= 0.3 is 0 Å². The van der Waals surface area contributed by atoms with Crippen molar-refractivity contribution in [3.63, 3.8) is 0 Å². The Bertz CT molecular complexity index is 223. The molecule has 0 saturated carbocycles. The minimum Gasteiger partial charge on any atom is -0.383 e. The standard InChI is InChI=1S/C11H19NO2/c1-14-8-10(12)11(13)9-6-4-2-3-5-7-9/h6,10H,2-5,7-8,12H2,1H3. The van der Waals surface area contributed by atoms with Crippen LogP contribution in [0, 0.1) is 0 Å². The number of hydrogen-bond acceptors (Lipinski definition) is 3. The van der Waals surface area contributed by atoms with Gasteiger partial charge in [0.25, 0.3) is 0 Å². The largest absolute Gasteiger partial charge is 0.383 e. The maximum absolute atomic E-state index is 11.8. The number of carbonyl (C=O) groups is 1. The van der Waals surface area contributed by atoms with Crippen molar-refractivity contribution in [2.24, 2.45) is 5.73 Å². The van der Waals surface area contributed by atoms with E-state index >= 15 is 0 Å². The minimum absolute atomic E-state index is 0.0637. The molecular weight excluding hydrogens is 178 g/mol. The Kier molecular flexibility index (Phi) is 4.84. The molecule has 0 bridgehead atoms. The summed E-state index contributed by atoms with van der Waals surface area (Å²) in [5, 5.41) is 0. The van der Waals surface area contributed by atoms with E-state index in [1.807, 2.05) is 6.08 Å². The number of Topliss-reactive ketones (excluding diaryl/α,β-unsaturated/α-hetero) is 1. The highest BCUT2D eigenvalue weighted by atomic mass is 16.5. The maximum atomic E-state index is 11.8. The van der Waals surface area contributed by atoms with Crippen molar-refractivity contribution in [1.29, 1.82) is 0 Å². The Labute approximate surface area is 85.3 Å². The van der Waals surface area contributed by atoms with Gasteiger partial charge < -0.3 is 10.5 Å². The zero-order valence-corrected chi connectivity index (χ0v) is 8.79. The predicted molar refractivity (Wildman–Crippen MR) is 56.0 cm³/mol. The first-order valence-corrected chi connectivity index (χ1v) is 5.23. The van der Waals surface area contributed by atoms with Gasteiger partial charge in [-0.05, 0) is 31.3 Å². The molecular formula is C11H19NO2. The lowest BCUT2D eigenvalue weighted by Crippen LogP contribution is -2.35. The smallest absolute Gasteiger partial charge is 0.177 e. The van der Waals surface area contributed by atoms with Crippen molar-refractivity contribution in [3.05, 3.63) is 11.6 Å². The summed E-state index contributed by atoms with van der Waals surface area (Å²) in [6.45, 7) is 0.316. The molecule has 0 aliphatic heterocycles. The van der Waals surface area contributed by atoms with Gasteiger partial charge in [0, 0.05) is 7.11 Å². The van der Waals surface area contributed by atoms with Gasteiger partial charge in [0.1, 0.15) is 0 Å². The van der Waals surface area contributed by atoms with Crippen molar-refractivity contribution < 1.29 is 9.53 Å². The van der Waals surface area contributed by atoms with Gasteiger partial charge in [0.2, 0.25) is 0 Å². The van der Waals surface area contributed by atoms with Crippen LogP contribution in [0.5, 0.6) is 0 Å². The number of methoxy groups -OCH3 is 1. The molecule has 3 heteroatoms. The molecule has 0 saturated heterocycles. The van der Waals surface area contributed by atoms with Crippen LogP contribution in [0.1, 0.15) is 32.1 Å². The second-order valence-electron chi connectivity index (χ2n) is 3.75. The van der Waals surface area contributed by atoms with Crippen LogP contribution in [0.2, 0.25) is 0 Å². The summed E-state index contributed by atoms with van der Waals surface area (Å²) in [6.07, 6.45) is 7.46. The maximum Gasteiger partial charge on any atom is 0.177 e. The first-order valence-electron chi connectivity index (χ1n) is 5.23. The van der Waals surface area contributed by atoms with E-state index in [4.69, 9.17) is 10.5 Å². The Balaban J connectivity index is 2.53. The van der Waals surface area contributed by atoms with Crippen LogP contribution in [-0.2, 0) is 9.53 Å². The molecule has 2 N–H and O–H groups in total. The number of rotatable bonds is 4. The first kappa shape index (κ1) is 11.4. The van der Waals surface area contributed by atoms with Crippen molar-refractivity contribution in [1.82, 2.24) is 0 Å². The average Bonchev–Trinajstić information content (AvgIpc) is 2.45. The fraction of sp³-hybridized carbons (Fsp3) is 0.727. The zero-order chi connectivity index (χ0) is 10.4. The van der Waals surface area contributed by atoms with E-state index in [-0.39, 0.29) is 5.78 Å². The van der Waals surface area contributed by atoms with E-state index in [1.54, 1.807) is 7.11 Å². The van der Waals surface area contributed by atoms with E-state index in [0.717, 1.165) is 24.8 Å². The van der Waals surface area contributed by atoms with E-state index in [0.29, 0.717) is 6.61 Å². The summed E-state index contributed by atoms with van der Waals surface area (Å²) >= 11 is 0. The fourth-order valence-electron chi connectivity index (χ4n) is 1.73. The Morgan fingerprint density at radius 1 is 1.57 bits per heavy atom. The number of carbonyl (C=O) groups excluding carboxylic acids is 1. The lowest BCUT2D eigenvalue weighted by atomic mass is 10.0. The molecule has 3 nitrogen and oxygen atoms in total. The quantitative estimate of drug-likeness (QED) is 0.741. The SMILES string of the molecule is COCC(N)C(=O)C1=CCCCCC1. The summed E-state index contributed by atoms with van der Waals surface area (Å²) in [5.41, 5.74) is 6.60. The normalized spacial score (nSPS) is 19.7. The molecule has 1 rings (SSSR count). The number of ketones is 1. The fourth-order valence-corrected chi connectivity index (χ4v) is 1.73. The van der Waals surface area contributed by atoms with Gasteiger partial charge in [-0.25, -0.2) is 0 Å². The van der Waals surface area contributed by atoms with Crippen LogP contribution in [0.4, 0.5) is 0 Å². The van der Waals surface area contributed by atoms with Crippen LogP contribution in [0.25, 0.3) is 0 Å². The summed E-state index contributed by atoms with van der Waals surface area (Å²) in [5.74, 6) is 0.0637. The summed E-state index contributed by atoms with van der Waals surface area (Å²) in [6, 6.07) is -0.482. The van der Waals surface area contributed by atoms with Crippen molar-refractivity contribution in [2.75, 3.05) is 13.7 Å². The molecule has 80 valence electrons. The topological polar surface area (TPSA) is 52.3 Å². The lowest BCUT2D eigenvalue weighted by molar-refractivity contribution is -0.117. The molecule has 0 aromatic heterocycles. The second kappa shape index (κ2) is 5.94.